The van der Waals surface area contributed by atoms with Gasteiger partial charge in [-0.05, 0) is 35.9 Å². The van der Waals surface area contributed by atoms with E-state index in [0.717, 1.165) is 0 Å². The third-order valence-electron chi connectivity index (χ3n) is 2.16. The van der Waals surface area contributed by atoms with Crippen molar-refractivity contribution in [3.8, 4) is 11.1 Å². The van der Waals surface area contributed by atoms with Gasteiger partial charge in [-0.3, -0.25) is 0 Å². The van der Waals surface area contributed by atoms with Crippen molar-refractivity contribution in [2.75, 3.05) is 5.73 Å². The summed E-state index contributed by atoms with van der Waals surface area (Å²) in [5.41, 5.74) is 7.27. The molecule has 1 nitrogen and oxygen atoms in total. The van der Waals surface area contributed by atoms with Gasteiger partial charge in [-0.15, -0.1) is 0 Å². The summed E-state index contributed by atoms with van der Waals surface area (Å²) < 4.78 is 13.2. The number of benzene rings is 2. The molecular weight excluding hydrogens is 248 g/mol. The third-order valence-corrected chi connectivity index (χ3v) is 2.71. The summed E-state index contributed by atoms with van der Waals surface area (Å²) in [5, 5.41) is 1.01. The summed E-state index contributed by atoms with van der Waals surface area (Å²) >= 11 is 11.8. The Hall–Kier alpha value is -1.25. The summed E-state index contributed by atoms with van der Waals surface area (Å²) in [5.74, 6) is -0.388. The molecule has 16 heavy (non-hydrogen) atoms. The van der Waals surface area contributed by atoms with Crippen molar-refractivity contribution in [2.24, 2.45) is 0 Å². The molecule has 0 saturated heterocycles. The molecule has 82 valence electrons. The zero-order valence-corrected chi connectivity index (χ0v) is 9.69. The third kappa shape index (κ3) is 2.29. The molecule has 0 aromatic heterocycles. The van der Waals surface area contributed by atoms with Crippen molar-refractivity contribution in [1.82, 2.24) is 0 Å². The van der Waals surface area contributed by atoms with Crippen molar-refractivity contribution in [3.63, 3.8) is 0 Å². The first-order valence-corrected chi connectivity index (χ1v) is 5.33. The van der Waals surface area contributed by atoms with Crippen LogP contribution < -0.4 is 5.73 Å². The van der Waals surface area contributed by atoms with Gasteiger partial charge in [0, 0.05) is 21.3 Å². The molecule has 2 N–H and O–H groups in total. The van der Waals surface area contributed by atoms with Crippen LogP contribution in [0.1, 0.15) is 0 Å². The fourth-order valence-electron chi connectivity index (χ4n) is 1.49. The molecule has 0 spiro atoms. The number of nitrogens with two attached hydrogens (primary N) is 1. The van der Waals surface area contributed by atoms with Crippen molar-refractivity contribution >= 4 is 28.9 Å². The average molecular weight is 256 g/mol. The topological polar surface area (TPSA) is 26.0 Å². The highest BCUT2D eigenvalue weighted by Crippen LogP contribution is 2.31. The molecule has 2 rings (SSSR count). The lowest BCUT2D eigenvalue weighted by Gasteiger charge is -2.06. The Morgan fingerprint density at radius 2 is 1.75 bits per heavy atom. The van der Waals surface area contributed by atoms with Gasteiger partial charge in [-0.2, -0.15) is 0 Å². The fraction of sp³-hybridized carbons (Fsp3) is 0. The highest BCUT2D eigenvalue weighted by Gasteiger charge is 2.06. The molecule has 0 fully saturated rings. The first-order chi connectivity index (χ1) is 7.56. The summed E-state index contributed by atoms with van der Waals surface area (Å²) in [6.07, 6.45) is 0. The largest absolute Gasteiger partial charge is 0.399 e. The number of anilines is 1. The van der Waals surface area contributed by atoms with Crippen LogP contribution in [0, 0.1) is 5.82 Å². The van der Waals surface area contributed by atoms with E-state index in [0.29, 0.717) is 26.9 Å². The number of nitrogen functional groups attached to an aromatic ring is 1. The molecule has 0 bridgehead atoms. The zero-order chi connectivity index (χ0) is 11.7. The van der Waals surface area contributed by atoms with Gasteiger partial charge in [-0.1, -0.05) is 29.3 Å². The lowest BCUT2D eigenvalue weighted by Crippen LogP contribution is -1.89. The highest BCUT2D eigenvalue weighted by molar-refractivity contribution is 6.36. The quantitative estimate of drug-likeness (QED) is 0.752. The lowest BCUT2D eigenvalue weighted by atomic mass is 10.0. The summed E-state index contributed by atoms with van der Waals surface area (Å²) in [6.45, 7) is 0. The molecule has 0 heterocycles. The van der Waals surface area contributed by atoms with E-state index in [1.54, 1.807) is 24.3 Å². The summed E-state index contributed by atoms with van der Waals surface area (Å²) in [7, 11) is 0. The van der Waals surface area contributed by atoms with Gasteiger partial charge in [0.1, 0.15) is 5.82 Å². The predicted molar refractivity (Wildman–Crippen MR) is 66.3 cm³/mol. The number of hydrogen-bond donors (Lipinski definition) is 1. The highest BCUT2D eigenvalue weighted by atomic mass is 35.5. The van der Waals surface area contributed by atoms with Gasteiger partial charge in [0.2, 0.25) is 0 Å². The minimum atomic E-state index is -0.388. The molecular formula is C12H8Cl2FN. The maximum absolute atomic E-state index is 13.2. The Bertz CT molecular complexity index is 520. The molecule has 0 aliphatic rings. The van der Waals surface area contributed by atoms with Gasteiger partial charge in [0.25, 0.3) is 0 Å². The van der Waals surface area contributed by atoms with E-state index < -0.39 is 0 Å². The Labute approximate surface area is 103 Å². The lowest BCUT2D eigenvalue weighted by molar-refractivity contribution is 0.629. The van der Waals surface area contributed by atoms with Gasteiger partial charge >= 0.3 is 0 Å². The van der Waals surface area contributed by atoms with E-state index in [4.69, 9.17) is 28.9 Å². The van der Waals surface area contributed by atoms with Crippen LogP contribution in [0.4, 0.5) is 10.1 Å². The monoisotopic (exact) mass is 255 g/mol. The minimum absolute atomic E-state index is 0.362. The van der Waals surface area contributed by atoms with Crippen LogP contribution >= 0.6 is 23.2 Å². The fourth-order valence-corrected chi connectivity index (χ4v) is 2.01. The van der Waals surface area contributed by atoms with Crippen molar-refractivity contribution < 1.29 is 4.39 Å². The molecule has 0 amide bonds. The van der Waals surface area contributed by atoms with Crippen LogP contribution in [0.25, 0.3) is 11.1 Å². The SMILES string of the molecule is Nc1cc(F)cc(-c2ccc(Cl)cc2Cl)c1. The van der Waals surface area contributed by atoms with Gasteiger partial charge < -0.3 is 5.73 Å². The van der Waals surface area contributed by atoms with Crippen LogP contribution in [0.5, 0.6) is 0 Å². The van der Waals surface area contributed by atoms with Crippen LogP contribution in [0.3, 0.4) is 0 Å². The molecule has 0 aliphatic carbocycles. The van der Waals surface area contributed by atoms with Crippen LogP contribution in [-0.2, 0) is 0 Å². The van der Waals surface area contributed by atoms with Gasteiger partial charge in [0.15, 0.2) is 0 Å². The second-order valence-corrected chi connectivity index (χ2v) is 4.24. The van der Waals surface area contributed by atoms with Crippen molar-refractivity contribution in [3.05, 3.63) is 52.3 Å². The first-order valence-electron chi connectivity index (χ1n) is 4.58. The van der Waals surface area contributed by atoms with Crippen molar-refractivity contribution in [1.29, 1.82) is 0 Å². The number of hydrogen-bond acceptors (Lipinski definition) is 1. The van der Waals surface area contributed by atoms with E-state index in [1.165, 1.54) is 12.1 Å². The summed E-state index contributed by atoms with van der Waals surface area (Å²) in [6, 6.07) is 9.35. The smallest absolute Gasteiger partial charge is 0.125 e. The normalized spacial score (nSPS) is 10.4. The predicted octanol–water partition coefficient (Wildman–Crippen LogP) is 4.38. The molecule has 0 radical (unpaired) electrons. The van der Waals surface area contributed by atoms with Crippen LogP contribution in [-0.4, -0.2) is 0 Å². The molecule has 0 saturated carbocycles. The average Bonchev–Trinajstić information content (AvgIpc) is 2.15. The second kappa shape index (κ2) is 4.32. The number of rotatable bonds is 1. The molecule has 0 aliphatic heterocycles. The molecule has 2 aromatic carbocycles. The maximum Gasteiger partial charge on any atom is 0.125 e. The van der Waals surface area contributed by atoms with E-state index in [9.17, 15) is 4.39 Å². The maximum atomic E-state index is 13.2. The molecule has 0 atom stereocenters. The van der Waals surface area contributed by atoms with E-state index in [-0.39, 0.29) is 5.82 Å². The van der Waals surface area contributed by atoms with E-state index >= 15 is 0 Å². The first kappa shape index (κ1) is 11.2. The summed E-state index contributed by atoms with van der Waals surface area (Å²) in [4.78, 5) is 0. The van der Waals surface area contributed by atoms with Crippen molar-refractivity contribution in [2.45, 2.75) is 0 Å². The molecule has 4 heteroatoms. The zero-order valence-electron chi connectivity index (χ0n) is 8.18. The van der Waals surface area contributed by atoms with Crippen LogP contribution in [0.15, 0.2) is 36.4 Å². The Kier molecular flexibility index (Phi) is 3.03. The minimum Gasteiger partial charge on any atom is -0.399 e. The molecule has 2 aromatic rings. The Balaban J connectivity index is 2.58. The second-order valence-electron chi connectivity index (χ2n) is 3.40. The van der Waals surface area contributed by atoms with Gasteiger partial charge in [-0.25, -0.2) is 4.39 Å². The Morgan fingerprint density at radius 3 is 2.38 bits per heavy atom. The number of halogens is 3. The Morgan fingerprint density at radius 1 is 1.00 bits per heavy atom. The molecule has 0 unspecified atom stereocenters. The van der Waals surface area contributed by atoms with E-state index in [1.807, 2.05) is 0 Å². The standard InChI is InChI=1S/C12H8Cl2FN/c13-8-1-2-11(12(14)5-8)7-3-9(15)6-10(16)4-7/h1-6H,16H2. The van der Waals surface area contributed by atoms with Gasteiger partial charge in [0.05, 0.1) is 0 Å². The van der Waals surface area contributed by atoms with Crippen LogP contribution in [0.2, 0.25) is 10.0 Å². The van der Waals surface area contributed by atoms with E-state index in [2.05, 4.69) is 0 Å².